The highest BCUT2D eigenvalue weighted by Gasteiger charge is 2.35. The largest absolute Gasteiger partial charge is 0.339 e. The second kappa shape index (κ2) is 5.64. The summed E-state index contributed by atoms with van der Waals surface area (Å²) in [6.07, 6.45) is 3.38. The number of pyridine rings is 1. The Hall–Kier alpha value is -3.02. The summed E-state index contributed by atoms with van der Waals surface area (Å²) in [5.74, 6) is 1.27. The predicted octanol–water partition coefficient (Wildman–Crippen LogP) is 2.37. The SMILES string of the molecule is O=C(c1ccccc1)N1CC(c2nc(-c3ccncc3)no2)C1. The molecule has 0 radical (unpaired) electrons. The normalized spacial score (nSPS) is 14.5. The maximum Gasteiger partial charge on any atom is 0.253 e. The summed E-state index contributed by atoms with van der Waals surface area (Å²) in [6.45, 7) is 1.21. The molecule has 1 aromatic carbocycles. The van der Waals surface area contributed by atoms with Gasteiger partial charge in [0.05, 0.1) is 5.92 Å². The maximum absolute atomic E-state index is 12.3. The number of hydrogen-bond acceptors (Lipinski definition) is 5. The minimum absolute atomic E-state index is 0.0377. The molecule has 0 spiro atoms. The number of rotatable bonds is 3. The molecule has 0 aliphatic carbocycles. The van der Waals surface area contributed by atoms with Crippen molar-refractivity contribution in [1.82, 2.24) is 20.0 Å². The average Bonchev–Trinajstić information content (AvgIpc) is 3.05. The van der Waals surface area contributed by atoms with Gasteiger partial charge in [0.2, 0.25) is 11.7 Å². The van der Waals surface area contributed by atoms with E-state index in [0.717, 1.165) is 5.56 Å². The van der Waals surface area contributed by atoms with Crippen molar-refractivity contribution in [2.45, 2.75) is 5.92 Å². The van der Waals surface area contributed by atoms with E-state index in [9.17, 15) is 4.79 Å². The van der Waals surface area contributed by atoms with Crippen molar-refractivity contribution in [2.75, 3.05) is 13.1 Å². The maximum atomic E-state index is 12.3. The van der Waals surface area contributed by atoms with E-state index >= 15 is 0 Å². The first-order valence-electron chi connectivity index (χ1n) is 7.39. The summed E-state index contributed by atoms with van der Waals surface area (Å²) in [4.78, 5) is 22.5. The van der Waals surface area contributed by atoms with Crippen molar-refractivity contribution >= 4 is 5.91 Å². The Morgan fingerprint density at radius 1 is 1.09 bits per heavy atom. The van der Waals surface area contributed by atoms with Crippen LogP contribution >= 0.6 is 0 Å². The lowest BCUT2D eigenvalue weighted by Crippen LogP contribution is -2.48. The number of hydrogen-bond donors (Lipinski definition) is 0. The van der Waals surface area contributed by atoms with Gasteiger partial charge in [0.1, 0.15) is 0 Å². The molecule has 6 heteroatoms. The molecule has 2 aromatic heterocycles. The van der Waals surface area contributed by atoms with Crippen molar-refractivity contribution in [3.05, 3.63) is 66.3 Å². The van der Waals surface area contributed by atoms with E-state index in [-0.39, 0.29) is 11.8 Å². The summed E-state index contributed by atoms with van der Waals surface area (Å²) >= 11 is 0. The van der Waals surface area contributed by atoms with Crippen LogP contribution in [-0.2, 0) is 0 Å². The molecule has 6 nitrogen and oxygen atoms in total. The molecule has 23 heavy (non-hydrogen) atoms. The van der Waals surface area contributed by atoms with E-state index in [1.807, 2.05) is 42.5 Å². The van der Waals surface area contributed by atoms with Crippen LogP contribution < -0.4 is 0 Å². The van der Waals surface area contributed by atoms with E-state index in [4.69, 9.17) is 4.52 Å². The molecule has 0 atom stereocenters. The quantitative estimate of drug-likeness (QED) is 0.743. The molecule has 0 unspecified atom stereocenters. The number of carbonyl (C=O) groups is 1. The van der Waals surface area contributed by atoms with Gasteiger partial charge in [0, 0.05) is 36.6 Å². The molecule has 0 bridgehead atoms. The Kier molecular flexibility index (Phi) is 3.34. The average molecular weight is 306 g/mol. The first kappa shape index (κ1) is 13.6. The topological polar surface area (TPSA) is 72.1 Å². The number of nitrogens with zero attached hydrogens (tertiary/aromatic N) is 4. The molecule has 1 aliphatic heterocycles. The molecule has 1 saturated heterocycles. The van der Waals surface area contributed by atoms with Crippen molar-refractivity contribution in [3.8, 4) is 11.4 Å². The fraction of sp³-hybridized carbons (Fsp3) is 0.176. The number of likely N-dealkylation sites (tertiary alicyclic amines) is 1. The molecule has 4 rings (SSSR count). The van der Waals surface area contributed by atoms with E-state index in [1.165, 1.54) is 0 Å². The van der Waals surface area contributed by atoms with Gasteiger partial charge in [-0.2, -0.15) is 4.98 Å². The van der Waals surface area contributed by atoms with Crippen LogP contribution in [0.25, 0.3) is 11.4 Å². The van der Waals surface area contributed by atoms with Gasteiger partial charge in [-0.05, 0) is 24.3 Å². The zero-order valence-electron chi connectivity index (χ0n) is 12.3. The van der Waals surface area contributed by atoms with Crippen LogP contribution in [0.15, 0.2) is 59.4 Å². The van der Waals surface area contributed by atoms with Gasteiger partial charge >= 0.3 is 0 Å². The van der Waals surface area contributed by atoms with E-state index in [0.29, 0.717) is 30.4 Å². The highest BCUT2D eigenvalue weighted by Crippen LogP contribution is 2.28. The van der Waals surface area contributed by atoms with Gasteiger partial charge in [-0.15, -0.1) is 0 Å². The van der Waals surface area contributed by atoms with Crippen molar-refractivity contribution < 1.29 is 9.32 Å². The number of amides is 1. The Labute approximate surface area is 132 Å². The molecule has 1 aliphatic rings. The van der Waals surface area contributed by atoms with Gasteiger partial charge in [-0.25, -0.2) is 0 Å². The second-order valence-corrected chi connectivity index (χ2v) is 5.47. The molecule has 1 fully saturated rings. The molecule has 3 aromatic rings. The van der Waals surface area contributed by atoms with Crippen LogP contribution in [0.4, 0.5) is 0 Å². The van der Waals surface area contributed by atoms with Gasteiger partial charge in [-0.1, -0.05) is 23.4 Å². The van der Waals surface area contributed by atoms with Crippen LogP contribution in [0.2, 0.25) is 0 Å². The minimum atomic E-state index is 0.0377. The summed E-state index contributed by atoms with van der Waals surface area (Å²) in [7, 11) is 0. The standard InChI is InChI=1S/C17H14N4O2/c22-17(13-4-2-1-3-5-13)21-10-14(11-21)16-19-15(20-23-16)12-6-8-18-9-7-12/h1-9,14H,10-11H2. The molecule has 3 heterocycles. The fourth-order valence-electron chi connectivity index (χ4n) is 2.58. The molecular formula is C17H14N4O2. The van der Waals surface area contributed by atoms with Crippen LogP contribution in [0, 0.1) is 0 Å². The third kappa shape index (κ3) is 2.59. The second-order valence-electron chi connectivity index (χ2n) is 5.47. The fourth-order valence-corrected chi connectivity index (χ4v) is 2.58. The van der Waals surface area contributed by atoms with Crippen molar-refractivity contribution in [1.29, 1.82) is 0 Å². The number of aromatic nitrogens is 3. The Balaban J connectivity index is 1.43. The molecule has 0 N–H and O–H groups in total. The first-order chi connectivity index (χ1) is 11.3. The number of benzene rings is 1. The smallest absolute Gasteiger partial charge is 0.253 e. The van der Waals surface area contributed by atoms with E-state index < -0.39 is 0 Å². The van der Waals surface area contributed by atoms with Crippen LogP contribution in [-0.4, -0.2) is 39.0 Å². The summed E-state index contributed by atoms with van der Waals surface area (Å²) in [5.41, 5.74) is 1.57. The summed E-state index contributed by atoms with van der Waals surface area (Å²) < 4.78 is 5.34. The highest BCUT2D eigenvalue weighted by molar-refractivity contribution is 5.94. The monoisotopic (exact) mass is 306 g/mol. The highest BCUT2D eigenvalue weighted by atomic mass is 16.5. The van der Waals surface area contributed by atoms with Gasteiger partial charge in [-0.3, -0.25) is 9.78 Å². The molecule has 0 saturated carbocycles. The van der Waals surface area contributed by atoms with E-state index in [2.05, 4.69) is 15.1 Å². The minimum Gasteiger partial charge on any atom is -0.339 e. The van der Waals surface area contributed by atoms with Crippen molar-refractivity contribution in [2.24, 2.45) is 0 Å². The Morgan fingerprint density at radius 3 is 2.57 bits per heavy atom. The predicted molar refractivity (Wildman–Crippen MR) is 82.6 cm³/mol. The Morgan fingerprint density at radius 2 is 1.83 bits per heavy atom. The molecule has 1 amide bonds. The van der Waals surface area contributed by atoms with Crippen LogP contribution in [0.5, 0.6) is 0 Å². The Bertz CT molecular complexity index is 811. The lowest BCUT2D eigenvalue weighted by Gasteiger charge is -2.37. The summed E-state index contributed by atoms with van der Waals surface area (Å²) in [5, 5.41) is 4.00. The zero-order valence-corrected chi connectivity index (χ0v) is 12.3. The van der Waals surface area contributed by atoms with Crippen LogP contribution in [0.3, 0.4) is 0 Å². The lowest BCUT2D eigenvalue weighted by molar-refractivity contribution is 0.0569. The summed E-state index contributed by atoms with van der Waals surface area (Å²) in [6, 6.07) is 12.9. The first-order valence-corrected chi connectivity index (χ1v) is 7.39. The zero-order chi connectivity index (χ0) is 15.6. The number of carbonyl (C=O) groups excluding carboxylic acids is 1. The lowest BCUT2D eigenvalue weighted by atomic mass is 9.99. The third-order valence-corrected chi connectivity index (χ3v) is 3.92. The van der Waals surface area contributed by atoms with Gasteiger partial charge < -0.3 is 9.42 Å². The van der Waals surface area contributed by atoms with Gasteiger partial charge in [0.15, 0.2) is 0 Å². The van der Waals surface area contributed by atoms with Crippen molar-refractivity contribution in [3.63, 3.8) is 0 Å². The molecule has 114 valence electrons. The third-order valence-electron chi connectivity index (χ3n) is 3.92. The van der Waals surface area contributed by atoms with E-state index in [1.54, 1.807) is 17.3 Å². The van der Waals surface area contributed by atoms with Gasteiger partial charge in [0.25, 0.3) is 5.91 Å². The molecular weight excluding hydrogens is 292 g/mol. The van der Waals surface area contributed by atoms with Crippen LogP contribution in [0.1, 0.15) is 22.2 Å².